The Morgan fingerprint density at radius 3 is 2.56 bits per heavy atom. The number of nitrogen functional groups attached to an aromatic ring is 1. The molecule has 5 nitrogen and oxygen atoms in total. The summed E-state index contributed by atoms with van der Waals surface area (Å²) in [6, 6.07) is 7.02. The lowest BCUT2D eigenvalue weighted by Gasteiger charge is -2.02. The van der Waals surface area contributed by atoms with Gasteiger partial charge in [-0.1, -0.05) is 18.2 Å². The Kier molecular flexibility index (Phi) is 3.52. The average Bonchev–Trinajstić information content (AvgIpc) is 2.65. The molecule has 1 amide bonds. The maximum absolute atomic E-state index is 11.2. The Labute approximate surface area is 98.3 Å². The Hall–Kier alpha value is -2.01. The van der Waals surface area contributed by atoms with E-state index in [1.807, 2.05) is 6.07 Å². The molecule has 0 bridgehead atoms. The number of aromatic nitrogens is 2. The van der Waals surface area contributed by atoms with Crippen LogP contribution in [0.25, 0.3) is 11.3 Å². The number of nitrogens with one attached hydrogen (secondary N) is 1. The zero-order valence-corrected chi connectivity index (χ0v) is 9.12. The summed E-state index contributed by atoms with van der Waals surface area (Å²) in [7, 11) is 0. The van der Waals surface area contributed by atoms with Gasteiger partial charge in [0.15, 0.2) is 5.95 Å². The zero-order chi connectivity index (χ0) is 10.8. The molecular weight excluding hydrogens is 228 g/mol. The number of hydrogen-bond donors (Lipinski definition) is 3. The Morgan fingerprint density at radius 1 is 1.31 bits per heavy atom. The normalized spacial score (nSPS) is 9.50. The van der Waals surface area contributed by atoms with Crippen LogP contribution in [-0.4, -0.2) is 15.9 Å². The fourth-order valence-electron chi connectivity index (χ4n) is 1.41. The molecule has 1 heterocycles. The molecule has 0 fully saturated rings. The van der Waals surface area contributed by atoms with Crippen LogP contribution in [0.1, 0.15) is 10.4 Å². The van der Waals surface area contributed by atoms with Crippen molar-refractivity contribution in [1.29, 1.82) is 0 Å². The fourth-order valence-corrected chi connectivity index (χ4v) is 1.41. The Balaban J connectivity index is 0.00000128. The minimum absolute atomic E-state index is 0. The summed E-state index contributed by atoms with van der Waals surface area (Å²) in [4.78, 5) is 17.9. The van der Waals surface area contributed by atoms with Crippen LogP contribution in [0.3, 0.4) is 0 Å². The lowest BCUT2D eigenvalue weighted by atomic mass is 10.1. The summed E-state index contributed by atoms with van der Waals surface area (Å²) in [5, 5.41) is 0. The second-order valence-corrected chi connectivity index (χ2v) is 3.09. The first-order valence-electron chi connectivity index (χ1n) is 4.38. The highest BCUT2D eigenvalue weighted by Crippen LogP contribution is 2.21. The van der Waals surface area contributed by atoms with Gasteiger partial charge in [-0.25, -0.2) is 4.98 Å². The quantitative estimate of drug-likeness (QED) is 0.733. The summed E-state index contributed by atoms with van der Waals surface area (Å²) < 4.78 is 0. The molecule has 0 saturated heterocycles. The van der Waals surface area contributed by atoms with Crippen LogP contribution >= 0.6 is 12.4 Å². The van der Waals surface area contributed by atoms with Gasteiger partial charge >= 0.3 is 0 Å². The van der Waals surface area contributed by atoms with E-state index in [0.717, 1.165) is 0 Å². The van der Waals surface area contributed by atoms with E-state index < -0.39 is 5.91 Å². The predicted molar refractivity (Wildman–Crippen MR) is 64.2 cm³/mol. The molecule has 0 spiro atoms. The van der Waals surface area contributed by atoms with Crippen LogP contribution in [0.5, 0.6) is 0 Å². The van der Waals surface area contributed by atoms with Crippen LogP contribution in [-0.2, 0) is 0 Å². The molecule has 6 heteroatoms. The SMILES string of the molecule is Cl.NC(=O)c1ccccc1-c1cnc(N)[nH]1. The number of nitrogens with zero attached hydrogens (tertiary/aromatic N) is 1. The number of aromatic amines is 1. The van der Waals surface area contributed by atoms with Crippen molar-refractivity contribution in [3.8, 4) is 11.3 Å². The minimum Gasteiger partial charge on any atom is -0.369 e. The Morgan fingerprint density at radius 2 is 2.00 bits per heavy atom. The summed E-state index contributed by atoms with van der Waals surface area (Å²) in [5.41, 5.74) is 12.5. The third-order valence-electron chi connectivity index (χ3n) is 2.08. The Bertz CT molecular complexity index is 509. The van der Waals surface area contributed by atoms with E-state index in [1.165, 1.54) is 0 Å². The molecule has 0 atom stereocenters. The van der Waals surface area contributed by atoms with E-state index in [2.05, 4.69) is 9.97 Å². The van der Waals surface area contributed by atoms with E-state index in [1.54, 1.807) is 24.4 Å². The molecule has 2 rings (SSSR count). The van der Waals surface area contributed by atoms with Gasteiger partial charge in [-0.15, -0.1) is 12.4 Å². The summed E-state index contributed by atoms with van der Waals surface area (Å²) in [6.45, 7) is 0. The number of amides is 1. The molecule has 16 heavy (non-hydrogen) atoms. The average molecular weight is 239 g/mol. The highest BCUT2D eigenvalue weighted by atomic mass is 35.5. The lowest BCUT2D eigenvalue weighted by molar-refractivity contribution is 0.100. The van der Waals surface area contributed by atoms with Crippen molar-refractivity contribution >= 4 is 24.3 Å². The largest absolute Gasteiger partial charge is 0.369 e. The molecule has 0 aliphatic carbocycles. The summed E-state index contributed by atoms with van der Waals surface area (Å²) in [5.74, 6) is -0.164. The number of anilines is 1. The molecule has 5 N–H and O–H groups in total. The van der Waals surface area contributed by atoms with Crippen molar-refractivity contribution in [3.05, 3.63) is 36.0 Å². The van der Waals surface area contributed by atoms with Crippen LogP contribution in [0.4, 0.5) is 5.95 Å². The molecule has 0 aliphatic rings. The van der Waals surface area contributed by atoms with E-state index in [9.17, 15) is 4.79 Å². The van der Waals surface area contributed by atoms with E-state index in [4.69, 9.17) is 11.5 Å². The van der Waals surface area contributed by atoms with Crippen LogP contribution in [0.2, 0.25) is 0 Å². The van der Waals surface area contributed by atoms with Gasteiger partial charge in [0.05, 0.1) is 11.9 Å². The monoisotopic (exact) mass is 238 g/mol. The second-order valence-electron chi connectivity index (χ2n) is 3.09. The number of carbonyl (C=O) groups excluding carboxylic acids is 1. The van der Waals surface area contributed by atoms with Crippen molar-refractivity contribution in [2.24, 2.45) is 5.73 Å². The van der Waals surface area contributed by atoms with E-state index >= 15 is 0 Å². The van der Waals surface area contributed by atoms with E-state index in [0.29, 0.717) is 22.8 Å². The van der Waals surface area contributed by atoms with Gasteiger partial charge in [-0.3, -0.25) is 4.79 Å². The van der Waals surface area contributed by atoms with Crippen LogP contribution in [0.15, 0.2) is 30.5 Å². The van der Waals surface area contributed by atoms with Crippen LogP contribution in [0, 0.1) is 0 Å². The van der Waals surface area contributed by atoms with Crippen molar-refractivity contribution in [2.45, 2.75) is 0 Å². The third kappa shape index (κ3) is 2.14. The molecule has 0 unspecified atom stereocenters. The molecule has 1 aromatic carbocycles. The van der Waals surface area contributed by atoms with Crippen molar-refractivity contribution in [3.63, 3.8) is 0 Å². The first-order valence-corrected chi connectivity index (χ1v) is 4.38. The number of benzene rings is 1. The molecule has 1 aromatic heterocycles. The number of imidazole rings is 1. The van der Waals surface area contributed by atoms with Crippen molar-refractivity contribution in [2.75, 3.05) is 5.73 Å². The molecule has 0 aliphatic heterocycles. The standard InChI is InChI=1S/C10H10N4O.ClH/c11-9(15)7-4-2-1-3-6(7)8-5-13-10(12)14-8;/h1-5H,(H2,11,15)(H3,12,13,14);1H. The maximum atomic E-state index is 11.2. The van der Waals surface area contributed by atoms with Gasteiger partial charge in [0.25, 0.3) is 0 Å². The van der Waals surface area contributed by atoms with Crippen molar-refractivity contribution < 1.29 is 4.79 Å². The number of primary amides is 1. The molecule has 0 radical (unpaired) electrons. The number of hydrogen-bond acceptors (Lipinski definition) is 3. The number of nitrogens with two attached hydrogens (primary N) is 2. The highest BCUT2D eigenvalue weighted by molar-refractivity contribution is 5.99. The van der Waals surface area contributed by atoms with Gasteiger partial charge in [-0.2, -0.15) is 0 Å². The topological polar surface area (TPSA) is 97.8 Å². The summed E-state index contributed by atoms with van der Waals surface area (Å²) >= 11 is 0. The molecule has 0 saturated carbocycles. The number of halogens is 1. The second kappa shape index (κ2) is 4.67. The third-order valence-corrected chi connectivity index (χ3v) is 2.08. The van der Waals surface area contributed by atoms with Gasteiger partial charge in [0, 0.05) is 11.1 Å². The number of carbonyl (C=O) groups is 1. The molecule has 84 valence electrons. The lowest BCUT2D eigenvalue weighted by Crippen LogP contribution is -2.12. The van der Waals surface area contributed by atoms with Crippen molar-refractivity contribution in [1.82, 2.24) is 9.97 Å². The first kappa shape index (κ1) is 12.1. The van der Waals surface area contributed by atoms with Gasteiger partial charge in [0.2, 0.25) is 5.91 Å². The van der Waals surface area contributed by atoms with Gasteiger partial charge in [-0.05, 0) is 6.07 Å². The number of rotatable bonds is 2. The maximum Gasteiger partial charge on any atom is 0.249 e. The van der Waals surface area contributed by atoms with Crippen LogP contribution < -0.4 is 11.5 Å². The molecular formula is C10H11ClN4O. The predicted octanol–water partition coefficient (Wildman–Crippen LogP) is 1.18. The minimum atomic E-state index is -0.473. The summed E-state index contributed by atoms with van der Waals surface area (Å²) in [6.07, 6.45) is 1.57. The van der Waals surface area contributed by atoms with E-state index in [-0.39, 0.29) is 12.4 Å². The van der Waals surface area contributed by atoms with Gasteiger partial charge in [0.1, 0.15) is 0 Å². The first-order chi connectivity index (χ1) is 7.18. The smallest absolute Gasteiger partial charge is 0.249 e. The van der Waals surface area contributed by atoms with Gasteiger partial charge < -0.3 is 16.5 Å². The fraction of sp³-hybridized carbons (Fsp3) is 0. The molecule has 2 aromatic rings. The number of H-pyrrole nitrogens is 1. The zero-order valence-electron chi connectivity index (χ0n) is 8.31. The highest BCUT2D eigenvalue weighted by Gasteiger charge is 2.10.